The summed E-state index contributed by atoms with van der Waals surface area (Å²) in [6.07, 6.45) is 0. The number of anilines is 1. The van der Waals surface area contributed by atoms with Crippen LogP contribution < -0.4 is 15.5 Å². The van der Waals surface area contributed by atoms with E-state index in [-0.39, 0.29) is 11.9 Å². The molecule has 2 N–H and O–H groups in total. The Labute approximate surface area is 108 Å². The highest BCUT2D eigenvalue weighted by Gasteiger charge is 2.13. The van der Waals surface area contributed by atoms with Crippen molar-refractivity contribution in [2.45, 2.75) is 19.9 Å². The van der Waals surface area contributed by atoms with E-state index in [1.54, 1.807) is 0 Å². The Hall–Kier alpha value is -1.55. The van der Waals surface area contributed by atoms with Gasteiger partial charge in [-0.15, -0.1) is 0 Å². The van der Waals surface area contributed by atoms with Crippen LogP contribution in [0.4, 0.5) is 5.69 Å². The zero-order valence-electron chi connectivity index (χ0n) is 11.1. The highest BCUT2D eigenvalue weighted by Crippen LogP contribution is 2.16. The molecule has 0 aliphatic carbocycles. The first-order valence-corrected chi connectivity index (χ1v) is 6.53. The minimum atomic E-state index is 0.00184. The molecule has 0 atom stereocenters. The smallest absolute Gasteiger partial charge is 0.251 e. The van der Waals surface area contributed by atoms with E-state index in [9.17, 15) is 4.79 Å². The second-order valence-electron chi connectivity index (χ2n) is 4.92. The lowest BCUT2D eigenvalue weighted by Gasteiger charge is -2.29. The van der Waals surface area contributed by atoms with Crippen LogP contribution in [0, 0.1) is 0 Å². The van der Waals surface area contributed by atoms with Gasteiger partial charge in [0.25, 0.3) is 5.91 Å². The van der Waals surface area contributed by atoms with Gasteiger partial charge in [0.1, 0.15) is 0 Å². The topological polar surface area (TPSA) is 44.4 Å². The molecular weight excluding hydrogens is 226 g/mol. The minimum Gasteiger partial charge on any atom is -0.369 e. The number of carbonyl (C=O) groups is 1. The Morgan fingerprint density at radius 2 is 2.06 bits per heavy atom. The lowest BCUT2D eigenvalue weighted by atomic mass is 10.1. The van der Waals surface area contributed by atoms with Crippen LogP contribution in [0.5, 0.6) is 0 Å². The zero-order valence-corrected chi connectivity index (χ0v) is 11.1. The largest absolute Gasteiger partial charge is 0.369 e. The molecule has 98 valence electrons. The van der Waals surface area contributed by atoms with Gasteiger partial charge in [-0.3, -0.25) is 4.79 Å². The number of amides is 1. The van der Waals surface area contributed by atoms with Crippen LogP contribution in [0.15, 0.2) is 24.3 Å². The van der Waals surface area contributed by atoms with Gasteiger partial charge in [-0.05, 0) is 32.0 Å². The summed E-state index contributed by atoms with van der Waals surface area (Å²) in [4.78, 5) is 14.3. The number of hydrogen-bond acceptors (Lipinski definition) is 3. The summed E-state index contributed by atoms with van der Waals surface area (Å²) in [6.45, 7) is 7.94. The molecule has 2 rings (SSSR count). The lowest BCUT2D eigenvalue weighted by molar-refractivity contribution is 0.0943. The van der Waals surface area contributed by atoms with Crippen LogP contribution in [-0.4, -0.2) is 38.1 Å². The van der Waals surface area contributed by atoms with Crippen molar-refractivity contribution >= 4 is 11.6 Å². The predicted molar refractivity (Wildman–Crippen MR) is 74.1 cm³/mol. The van der Waals surface area contributed by atoms with Crippen LogP contribution in [0.25, 0.3) is 0 Å². The van der Waals surface area contributed by atoms with Crippen molar-refractivity contribution in [2.75, 3.05) is 31.1 Å². The summed E-state index contributed by atoms with van der Waals surface area (Å²) in [5.41, 5.74) is 1.87. The molecular formula is C14H21N3O. The van der Waals surface area contributed by atoms with Gasteiger partial charge >= 0.3 is 0 Å². The van der Waals surface area contributed by atoms with Crippen molar-refractivity contribution < 1.29 is 4.79 Å². The number of rotatable bonds is 3. The Morgan fingerprint density at radius 1 is 1.33 bits per heavy atom. The van der Waals surface area contributed by atoms with Crippen molar-refractivity contribution in [1.29, 1.82) is 0 Å². The summed E-state index contributed by atoms with van der Waals surface area (Å²) >= 11 is 0. The lowest BCUT2D eigenvalue weighted by Crippen LogP contribution is -2.43. The predicted octanol–water partition coefficient (Wildman–Crippen LogP) is 1.23. The Kier molecular flexibility index (Phi) is 4.20. The average Bonchev–Trinajstić information content (AvgIpc) is 2.39. The third kappa shape index (κ3) is 3.23. The summed E-state index contributed by atoms with van der Waals surface area (Å²) < 4.78 is 0. The number of nitrogens with zero attached hydrogens (tertiary/aromatic N) is 1. The number of benzene rings is 1. The van der Waals surface area contributed by atoms with Crippen molar-refractivity contribution in [3.8, 4) is 0 Å². The first kappa shape index (κ1) is 12.9. The molecule has 1 heterocycles. The van der Waals surface area contributed by atoms with E-state index in [0.29, 0.717) is 0 Å². The number of piperazine rings is 1. The van der Waals surface area contributed by atoms with Gasteiger partial charge in [0.05, 0.1) is 0 Å². The molecule has 1 aliphatic heterocycles. The summed E-state index contributed by atoms with van der Waals surface area (Å²) in [5.74, 6) is 0.00184. The SMILES string of the molecule is CC(C)NC(=O)c1cccc(N2CCNCC2)c1. The van der Waals surface area contributed by atoms with E-state index in [1.807, 2.05) is 32.0 Å². The second kappa shape index (κ2) is 5.87. The summed E-state index contributed by atoms with van der Waals surface area (Å²) in [6, 6.07) is 8.02. The fourth-order valence-electron chi connectivity index (χ4n) is 2.11. The van der Waals surface area contributed by atoms with Gasteiger partial charge in [-0.1, -0.05) is 6.07 Å². The van der Waals surface area contributed by atoms with Crippen LogP contribution in [0.3, 0.4) is 0 Å². The molecule has 18 heavy (non-hydrogen) atoms. The van der Waals surface area contributed by atoms with Crippen molar-refractivity contribution in [3.63, 3.8) is 0 Å². The van der Waals surface area contributed by atoms with Gasteiger partial charge in [-0.25, -0.2) is 0 Å². The first-order valence-electron chi connectivity index (χ1n) is 6.53. The molecule has 1 aromatic carbocycles. The molecule has 0 spiro atoms. The van der Waals surface area contributed by atoms with Gasteiger partial charge in [-0.2, -0.15) is 0 Å². The molecule has 0 radical (unpaired) electrons. The fourth-order valence-corrected chi connectivity index (χ4v) is 2.11. The van der Waals surface area contributed by atoms with Crippen molar-refractivity contribution in [3.05, 3.63) is 29.8 Å². The van der Waals surface area contributed by atoms with Crippen LogP contribution >= 0.6 is 0 Å². The minimum absolute atomic E-state index is 0.00184. The van der Waals surface area contributed by atoms with E-state index in [2.05, 4.69) is 21.6 Å². The number of nitrogens with one attached hydrogen (secondary N) is 2. The zero-order chi connectivity index (χ0) is 13.0. The third-order valence-electron chi connectivity index (χ3n) is 3.01. The molecule has 1 fully saturated rings. The molecule has 1 aliphatic rings. The van der Waals surface area contributed by atoms with Gasteiger partial charge in [0.2, 0.25) is 0 Å². The second-order valence-corrected chi connectivity index (χ2v) is 4.92. The monoisotopic (exact) mass is 247 g/mol. The quantitative estimate of drug-likeness (QED) is 0.844. The summed E-state index contributed by atoms with van der Waals surface area (Å²) in [7, 11) is 0. The van der Waals surface area contributed by atoms with Crippen molar-refractivity contribution in [2.24, 2.45) is 0 Å². The van der Waals surface area contributed by atoms with Gasteiger partial charge in [0.15, 0.2) is 0 Å². The Morgan fingerprint density at radius 3 is 2.72 bits per heavy atom. The van der Waals surface area contributed by atoms with E-state index >= 15 is 0 Å². The Balaban J connectivity index is 2.11. The molecule has 1 aromatic rings. The average molecular weight is 247 g/mol. The molecule has 0 unspecified atom stereocenters. The standard InChI is InChI=1S/C14H21N3O/c1-11(2)16-14(18)12-4-3-5-13(10-12)17-8-6-15-7-9-17/h3-5,10-11,15H,6-9H2,1-2H3,(H,16,18). The van der Waals surface area contributed by atoms with E-state index < -0.39 is 0 Å². The fraction of sp³-hybridized carbons (Fsp3) is 0.500. The normalized spacial score (nSPS) is 15.8. The van der Waals surface area contributed by atoms with Crippen LogP contribution in [0.2, 0.25) is 0 Å². The molecule has 4 nitrogen and oxygen atoms in total. The summed E-state index contributed by atoms with van der Waals surface area (Å²) in [5, 5.41) is 6.25. The maximum Gasteiger partial charge on any atom is 0.251 e. The molecule has 0 aromatic heterocycles. The van der Waals surface area contributed by atoms with E-state index in [1.165, 1.54) is 0 Å². The molecule has 0 bridgehead atoms. The van der Waals surface area contributed by atoms with Crippen LogP contribution in [0.1, 0.15) is 24.2 Å². The maximum absolute atomic E-state index is 11.9. The van der Waals surface area contributed by atoms with Crippen LogP contribution in [-0.2, 0) is 0 Å². The van der Waals surface area contributed by atoms with E-state index in [4.69, 9.17) is 0 Å². The van der Waals surface area contributed by atoms with Gasteiger partial charge in [0, 0.05) is 43.5 Å². The Bertz CT molecular complexity index is 411. The molecule has 4 heteroatoms. The van der Waals surface area contributed by atoms with Crippen molar-refractivity contribution in [1.82, 2.24) is 10.6 Å². The molecule has 1 saturated heterocycles. The number of hydrogen-bond donors (Lipinski definition) is 2. The first-order chi connectivity index (χ1) is 8.66. The number of carbonyl (C=O) groups excluding carboxylic acids is 1. The highest BCUT2D eigenvalue weighted by molar-refractivity contribution is 5.95. The van der Waals surface area contributed by atoms with E-state index in [0.717, 1.165) is 37.4 Å². The molecule has 0 saturated carbocycles. The highest BCUT2D eigenvalue weighted by atomic mass is 16.1. The van der Waals surface area contributed by atoms with Gasteiger partial charge < -0.3 is 15.5 Å². The maximum atomic E-state index is 11.9. The molecule has 1 amide bonds. The third-order valence-corrected chi connectivity index (χ3v) is 3.01.